The molecule has 0 atom stereocenters. The van der Waals surface area contributed by atoms with Gasteiger partial charge in [0.05, 0.1) is 12.2 Å². The van der Waals surface area contributed by atoms with Crippen LogP contribution in [0.3, 0.4) is 0 Å². The molecule has 1 aliphatic heterocycles. The molecule has 1 fully saturated rings. The van der Waals surface area contributed by atoms with E-state index in [0.717, 1.165) is 49.9 Å². The van der Waals surface area contributed by atoms with Crippen molar-refractivity contribution in [3.05, 3.63) is 23.9 Å². The van der Waals surface area contributed by atoms with Crippen molar-refractivity contribution >= 4 is 41.7 Å². The number of carbonyl (C=O) groups excluding carboxylic acids is 1. The minimum atomic E-state index is 0. The van der Waals surface area contributed by atoms with Crippen molar-refractivity contribution < 1.29 is 4.79 Å². The van der Waals surface area contributed by atoms with Gasteiger partial charge in [0.25, 0.3) is 0 Å². The van der Waals surface area contributed by atoms with Crippen LogP contribution in [0.25, 0.3) is 0 Å². The number of aromatic nitrogens is 1. The molecule has 0 unspecified atom stereocenters. The molecule has 0 bridgehead atoms. The van der Waals surface area contributed by atoms with Crippen LogP contribution < -0.4 is 15.5 Å². The molecule has 0 radical (unpaired) electrons. The number of pyridine rings is 1. The van der Waals surface area contributed by atoms with E-state index in [4.69, 9.17) is 4.99 Å². The van der Waals surface area contributed by atoms with Crippen molar-refractivity contribution in [1.82, 2.24) is 20.5 Å². The lowest BCUT2D eigenvalue weighted by molar-refractivity contribution is -0.135. The summed E-state index contributed by atoms with van der Waals surface area (Å²) in [5.74, 6) is 2.06. The van der Waals surface area contributed by atoms with E-state index in [9.17, 15) is 4.79 Å². The van der Waals surface area contributed by atoms with Gasteiger partial charge in [-0.15, -0.1) is 24.0 Å². The summed E-state index contributed by atoms with van der Waals surface area (Å²) in [4.78, 5) is 25.4. The van der Waals surface area contributed by atoms with Gasteiger partial charge in [-0.3, -0.25) is 4.79 Å². The first-order valence-electron chi connectivity index (χ1n) is 9.87. The number of carbonyl (C=O) groups is 1. The first-order valence-corrected chi connectivity index (χ1v) is 9.87. The lowest BCUT2D eigenvalue weighted by Gasteiger charge is -2.34. The Labute approximate surface area is 186 Å². The normalized spacial score (nSPS) is 15.2. The van der Waals surface area contributed by atoms with Crippen LogP contribution in [0.5, 0.6) is 0 Å². The summed E-state index contributed by atoms with van der Waals surface area (Å²) in [7, 11) is 3.97. The number of halogens is 1. The van der Waals surface area contributed by atoms with Gasteiger partial charge in [0.15, 0.2) is 5.96 Å². The van der Waals surface area contributed by atoms with Gasteiger partial charge in [0.1, 0.15) is 5.82 Å². The zero-order valence-electron chi connectivity index (χ0n) is 17.7. The molecular weight excluding hydrogens is 467 g/mol. The fourth-order valence-corrected chi connectivity index (χ4v) is 3.09. The van der Waals surface area contributed by atoms with Gasteiger partial charge in [-0.25, -0.2) is 9.98 Å². The molecule has 1 saturated heterocycles. The van der Waals surface area contributed by atoms with Crippen molar-refractivity contribution in [1.29, 1.82) is 0 Å². The van der Waals surface area contributed by atoms with Gasteiger partial charge in [-0.05, 0) is 31.9 Å². The zero-order valence-corrected chi connectivity index (χ0v) is 20.1. The Morgan fingerprint density at radius 2 is 2.00 bits per heavy atom. The van der Waals surface area contributed by atoms with Crippen molar-refractivity contribution in [2.45, 2.75) is 46.2 Å². The first kappa shape index (κ1) is 24.5. The predicted octanol–water partition coefficient (Wildman–Crippen LogP) is 2.47. The van der Waals surface area contributed by atoms with Crippen LogP contribution in [0, 0.1) is 5.92 Å². The number of nitrogens with zero attached hydrogens (tertiary/aromatic N) is 4. The monoisotopic (exact) mass is 502 g/mol. The van der Waals surface area contributed by atoms with E-state index < -0.39 is 0 Å². The van der Waals surface area contributed by atoms with Crippen molar-refractivity contribution in [2.75, 3.05) is 38.6 Å². The lowest BCUT2D eigenvalue weighted by atomic mass is 10.0. The highest BCUT2D eigenvalue weighted by Gasteiger charge is 2.24. The van der Waals surface area contributed by atoms with Gasteiger partial charge in [0, 0.05) is 45.7 Å². The molecule has 0 aromatic carbocycles. The van der Waals surface area contributed by atoms with E-state index >= 15 is 0 Å². The molecule has 1 aliphatic rings. The van der Waals surface area contributed by atoms with Gasteiger partial charge in [-0.1, -0.05) is 19.9 Å². The third kappa shape index (κ3) is 7.44. The number of hydrogen-bond donors (Lipinski definition) is 2. The maximum absolute atomic E-state index is 12.1. The fourth-order valence-electron chi connectivity index (χ4n) is 3.09. The molecule has 1 aromatic heterocycles. The molecule has 8 heteroatoms. The highest BCUT2D eigenvalue weighted by atomic mass is 127. The highest BCUT2D eigenvalue weighted by Crippen LogP contribution is 2.13. The Balaban J connectivity index is 0.00000392. The molecule has 0 spiro atoms. The molecule has 1 aromatic rings. The van der Waals surface area contributed by atoms with E-state index in [2.05, 4.69) is 22.5 Å². The van der Waals surface area contributed by atoms with Crippen LogP contribution >= 0.6 is 24.0 Å². The van der Waals surface area contributed by atoms with Crippen LogP contribution in [0.15, 0.2) is 23.2 Å². The van der Waals surface area contributed by atoms with Crippen LogP contribution in [0.2, 0.25) is 0 Å². The number of likely N-dealkylation sites (tertiary alicyclic amines) is 1. The SMILES string of the molecule is CCNC(=NCc1cccc(N(C)C)n1)NC1CCN(C(=O)C(C)C)CC1.I. The second-order valence-corrected chi connectivity index (χ2v) is 7.48. The van der Waals surface area contributed by atoms with E-state index in [0.29, 0.717) is 12.6 Å². The zero-order chi connectivity index (χ0) is 19.8. The summed E-state index contributed by atoms with van der Waals surface area (Å²) in [6, 6.07) is 6.33. The molecule has 0 saturated carbocycles. The summed E-state index contributed by atoms with van der Waals surface area (Å²) < 4.78 is 0. The number of rotatable bonds is 6. The van der Waals surface area contributed by atoms with Crippen molar-refractivity contribution in [3.63, 3.8) is 0 Å². The number of nitrogens with one attached hydrogen (secondary N) is 2. The molecule has 2 heterocycles. The quantitative estimate of drug-likeness (QED) is 0.355. The summed E-state index contributed by atoms with van der Waals surface area (Å²) in [6.07, 6.45) is 1.88. The van der Waals surface area contributed by atoms with Crippen LogP contribution in [-0.2, 0) is 11.3 Å². The number of guanidine groups is 1. The minimum Gasteiger partial charge on any atom is -0.363 e. The minimum absolute atomic E-state index is 0. The molecule has 1 amide bonds. The Morgan fingerprint density at radius 3 is 2.57 bits per heavy atom. The standard InChI is InChI=1S/C20H34N6O.HI/c1-6-21-20(22-14-17-8-7-9-18(23-17)25(4)5)24-16-10-12-26(13-11-16)19(27)15(2)3;/h7-9,15-16H,6,10-14H2,1-5H3,(H2,21,22,24);1H. The van der Waals surface area contributed by atoms with Gasteiger partial charge >= 0.3 is 0 Å². The molecular formula is C20H35IN6O. The van der Waals surface area contributed by atoms with Gasteiger partial charge < -0.3 is 20.4 Å². The Morgan fingerprint density at radius 1 is 1.32 bits per heavy atom. The third-order valence-electron chi connectivity index (χ3n) is 4.64. The lowest BCUT2D eigenvalue weighted by Crippen LogP contribution is -2.50. The Kier molecular flexibility index (Phi) is 10.6. The molecule has 0 aliphatic carbocycles. The number of amides is 1. The number of anilines is 1. The summed E-state index contributed by atoms with van der Waals surface area (Å²) in [5.41, 5.74) is 0.941. The van der Waals surface area contributed by atoms with Crippen LogP contribution in [0.4, 0.5) is 5.82 Å². The smallest absolute Gasteiger partial charge is 0.225 e. The number of aliphatic imine (C=N–C) groups is 1. The first-order chi connectivity index (χ1) is 12.9. The van der Waals surface area contributed by atoms with Crippen molar-refractivity contribution in [2.24, 2.45) is 10.9 Å². The molecule has 158 valence electrons. The summed E-state index contributed by atoms with van der Waals surface area (Å²) >= 11 is 0. The second kappa shape index (κ2) is 12.1. The summed E-state index contributed by atoms with van der Waals surface area (Å²) in [5, 5.41) is 6.83. The molecule has 2 N–H and O–H groups in total. The Hall–Kier alpha value is -1.58. The number of hydrogen-bond acceptors (Lipinski definition) is 4. The fraction of sp³-hybridized carbons (Fsp3) is 0.650. The maximum Gasteiger partial charge on any atom is 0.225 e. The maximum atomic E-state index is 12.1. The second-order valence-electron chi connectivity index (χ2n) is 7.48. The average Bonchev–Trinajstić information content (AvgIpc) is 2.66. The van der Waals surface area contributed by atoms with Crippen molar-refractivity contribution in [3.8, 4) is 0 Å². The molecule has 2 rings (SSSR count). The Bertz CT molecular complexity index is 641. The van der Waals surface area contributed by atoms with E-state index in [1.165, 1.54) is 0 Å². The average molecular weight is 502 g/mol. The molecule has 28 heavy (non-hydrogen) atoms. The summed E-state index contributed by atoms with van der Waals surface area (Å²) in [6.45, 7) is 8.93. The number of piperidine rings is 1. The van der Waals surface area contributed by atoms with E-state index in [-0.39, 0.29) is 35.8 Å². The van der Waals surface area contributed by atoms with Gasteiger partial charge in [0.2, 0.25) is 5.91 Å². The highest BCUT2D eigenvalue weighted by molar-refractivity contribution is 14.0. The predicted molar refractivity (Wildman–Crippen MR) is 126 cm³/mol. The van der Waals surface area contributed by atoms with Crippen LogP contribution in [0.1, 0.15) is 39.3 Å². The largest absolute Gasteiger partial charge is 0.363 e. The van der Waals surface area contributed by atoms with Crippen LogP contribution in [-0.4, -0.2) is 61.5 Å². The third-order valence-corrected chi connectivity index (χ3v) is 4.64. The van der Waals surface area contributed by atoms with E-state index in [1.54, 1.807) is 0 Å². The molecule has 7 nitrogen and oxygen atoms in total. The van der Waals surface area contributed by atoms with Gasteiger partial charge in [-0.2, -0.15) is 0 Å². The topological polar surface area (TPSA) is 72.9 Å². The van der Waals surface area contributed by atoms with E-state index in [1.807, 2.05) is 55.9 Å².